The number of aryl methyl sites for hydroxylation is 1. The smallest absolute Gasteiger partial charge is 0.0662 e. The summed E-state index contributed by atoms with van der Waals surface area (Å²) in [6, 6.07) is 12.5. The Kier molecular flexibility index (Phi) is 3.11. The number of benzene rings is 2. The van der Waals surface area contributed by atoms with Crippen LogP contribution >= 0.6 is 11.6 Å². The fraction of sp³-hybridized carbons (Fsp3) is 0.250. The molecule has 98 valence electrons. The molecule has 0 aliphatic carbocycles. The average molecular weight is 273 g/mol. The lowest BCUT2D eigenvalue weighted by Gasteiger charge is -2.21. The Balaban J connectivity index is 1.88. The van der Waals surface area contributed by atoms with Crippen LogP contribution in [0.3, 0.4) is 0 Å². The van der Waals surface area contributed by atoms with Gasteiger partial charge in [0.15, 0.2) is 0 Å². The molecule has 1 heterocycles. The van der Waals surface area contributed by atoms with Gasteiger partial charge in [0, 0.05) is 18.8 Å². The standard InChI is InChI=1S/C16H17ClN2/c1-11-2-4-12(5-3-11)10-19-7-6-13-8-14(18)9-15(17)16(13)19/h2-5,8-9H,6-7,10,18H2,1H3. The monoisotopic (exact) mass is 272 g/mol. The maximum atomic E-state index is 6.34. The van der Waals surface area contributed by atoms with Crippen molar-refractivity contribution >= 4 is 23.0 Å². The van der Waals surface area contributed by atoms with Gasteiger partial charge < -0.3 is 10.6 Å². The Hall–Kier alpha value is -1.67. The van der Waals surface area contributed by atoms with E-state index in [1.807, 2.05) is 12.1 Å². The van der Waals surface area contributed by atoms with Crippen molar-refractivity contribution in [2.24, 2.45) is 0 Å². The summed E-state index contributed by atoms with van der Waals surface area (Å²) >= 11 is 6.34. The van der Waals surface area contributed by atoms with Crippen LogP contribution in [0.4, 0.5) is 11.4 Å². The Morgan fingerprint density at radius 1 is 1.21 bits per heavy atom. The summed E-state index contributed by atoms with van der Waals surface area (Å²) in [5.74, 6) is 0. The van der Waals surface area contributed by atoms with Gasteiger partial charge in [-0.3, -0.25) is 0 Å². The number of hydrogen-bond donors (Lipinski definition) is 1. The molecule has 0 unspecified atom stereocenters. The first-order chi connectivity index (χ1) is 9.13. The zero-order valence-corrected chi connectivity index (χ0v) is 11.7. The van der Waals surface area contributed by atoms with Gasteiger partial charge in [-0.1, -0.05) is 41.4 Å². The van der Waals surface area contributed by atoms with Crippen LogP contribution in [-0.4, -0.2) is 6.54 Å². The molecule has 2 N–H and O–H groups in total. The normalized spacial score (nSPS) is 13.7. The lowest BCUT2D eigenvalue weighted by Crippen LogP contribution is -2.19. The van der Waals surface area contributed by atoms with Crippen molar-refractivity contribution in [1.82, 2.24) is 0 Å². The van der Waals surface area contributed by atoms with Gasteiger partial charge in [0.2, 0.25) is 0 Å². The van der Waals surface area contributed by atoms with Crippen LogP contribution in [0.5, 0.6) is 0 Å². The molecule has 2 aromatic rings. The van der Waals surface area contributed by atoms with Crippen molar-refractivity contribution in [2.75, 3.05) is 17.2 Å². The topological polar surface area (TPSA) is 29.3 Å². The van der Waals surface area contributed by atoms with Crippen molar-refractivity contribution in [2.45, 2.75) is 19.9 Å². The Morgan fingerprint density at radius 2 is 1.95 bits per heavy atom. The third kappa shape index (κ3) is 2.41. The Bertz CT molecular complexity index is 605. The zero-order valence-electron chi connectivity index (χ0n) is 11.0. The molecule has 0 amide bonds. The number of halogens is 1. The molecule has 0 spiro atoms. The molecule has 1 aliphatic rings. The first kappa shape index (κ1) is 12.4. The molecule has 0 radical (unpaired) electrons. The molecular weight excluding hydrogens is 256 g/mol. The molecule has 2 aromatic carbocycles. The minimum Gasteiger partial charge on any atom is -0.399 e. The molecule has 0 fully saturated rings. The minimum absolute atomic E-state index is 0.751. The van der Waals surface area contributed by atoms with Crippen molar-refractivity contribution in [3.8, 4) is 0 Å². The van der Waals surface area contributed by atoms with Gasteiger partial charge in [0.05, 0.1) is 10.7 Å². The van der Waals surface area contributed by atoms with Crippen LogP contribution in [0.1, 0.15) is 16.7 Å². The van der Waals surface area contributed by atoms with Gasteiger partial charge in [-0.25, -0.2) is 0 Å². The maximum Gasteiger partial charge on any atom is 0.0662 e. The van der Waals surface area contributed by atoms with Crippen LogP contribution in [-0.2, 0) is 13.0 Å². The third-order valence-corrected chi connectivity index (χ3v) is 3.91. The minimum atomic E-state index is 0.751. The lowest BCUT2D eigenvalue weighted by molar-refractivity contribution is 0.836. The first-order valence-corrected chi connectivity index (χ1v) is 6.89. The number of hydrogen-bond acceptors (Lipinski definition) is 2. The van der Waals surface area contributed by atoms with E-state index in [-0.39, 0.29) is 0 Å². The van der Waals surface area contributed by atoms with Gasteiger partial charge in [-0.15, -0.1) is 0 Å². The quantitative estimate of drug-likeness (QED) is 0.843. The molecule has 0 atom stereocenters. The number of nitrogens with two attached hydrogens (primary N) is 1. The maximum absolute atomic E-state index is 6.34. The molecule has 3 rings (SSSR count). The lowest BCUT2D eigenvalue weighted by atomic mass is 10.1. The molecular formula is C16H17ClN2. The first-order valence-electron chi connectivity index (χ1n) is 6.52. The van der Waals surface area contributed by atoms with Crippen molar-refractivity contribution in [3.63, 3.8) is 0 Å². The molecule has 3 heteroatoms. The van der Waals surface area contributed by atoms with Crippen LogP contribution in [0, 0.1) is 6.92 Å². The highest BCUT2D eigenvalue weighted by molar-refractivity contribution is 6.33. The largest absolute Gasteiger partial charge is 0.399 e. The van der Waals surface area contributed by atoms with Crippen LogP contribution in [0.25, 0.3) is 0 Å². The molecule has 0 aromatic heterocycles. The molecule has 2 nitrogen and oxygen atoms in total. The summed E-state index contributed by atoms with van der Waals surface area (Å²) in [5, 5.41) is 0.764. The van der Waals surface area contributed by atoms with Gasteiger partial charge in [0.1, 0.15) is 0 Å². The third-order valence-electron chi connectivity index (χ3n) is 3.63. The summed E-state index contributed by atoms with van der Waals surface area (Å²) in [6.07, 6.45) is 1.02. The second kappa shape index (κ2) is 4.78. The highest BCUT2D eigenvalue weighted by Crippen LogP contribution is 2.37. The second-order valence-electron chi connectivity index (χ2n) is 5.17. The van der Waals surface area contributed by atoms with Gasteiger partial charge in [-0.05, 0) is 36.6 Å². The highest BCUT2D eigenvalue weighted by Gasteiger charge is 2.22. The summed E-state index contributed by atoms with van der Waals surface area (Å²) in [7, 11) is 0. The van der Waals surface area contributed by atoms with E-state index in [1.54, 1.807) is 0 Å². The van der Waals surface area contributed by atoms with E-state index in [2.05, 4.69) is 36.1 Å². The number of rotatable bonds is 2. The fourth-order valence-electron chi connectivity index (χ4n) is 2.66. The van der Waals surface area contributed by atoms with Crippen molar-refractivity contribution in [1.29, 1.82) is 0 Å². The highest BCUT2D eigenvalue weighted by atomic mass is 35.5. The van der Waals surface area contributed by atoms with Crippen molar-refractivity contribution in [3.05, 3.63) is 58.1 Å². The van der Waals surface area contributed by atoms with E-state index in [4.69, 9.17) is 17.3 Å². The Morgan fingerprint density at radius 3 is 2.68 bits per heavy atom. The van der Waals surface area contributed by atoms with Gasteiger partial charge >= 0.3 is 0 Å². The van der Waals surface area contributed by atoms with Crippen LogP contribution in [0.15, 0.2) is 36.4 Å². The van der Waals surface area contributed by atoms with E-state index < -0.39 is 0 Å². The molecule has 0 saturated heterocycles. The summed E-state index contributed by atoms with van der Waals surface area (Å²) in [6.45, 7) is 4.01. The van der Waals surface area contributed by atoms with Crippen LogP contribution in [0.2, 0.25) is 5.02 Å². The van der Waals surface area contributed by atoms with E-state index in [0.29, 0.717) is 0 Å². The molecule has 1 aliphatic heterocycles. The number of anilines is 2. The van der Waals surface area contributed by atoms with E-state index in [0.717, 1.165) is 35.9 Å². The number of nitrogens with zero attached hydrogens (tertiary/aromatic N) is 1. The van der Waals surface area contributed by atoms with E-state index in [1.165, 1.54) is 16.7 Å². The SMILES string of the molecule is Cc1ccc(CN2CCc3cc(N)cc(Cl)c32)cc1. The molecule has 0 bridgehead atoms. The number of nitrogen functional groups attached to an aromatic ring is 1. The average Bonchev–Trinajstić information content (AvgIpc) is 2.75. The van der Waals surface area contributed by atoms with Gasteiger partial charge in [-0.2, -0.15) is 0 Å². The van der Waals surface area contributed by atoms with E-state index in [9.17, 15) is 0 Å². The summed E-state index contributed by atoms with van der Waals surface area (Å²) < 4.78 is 0. The van der Waals surface area contributed by atoms with Crippen LogP contribution < -0.4 is 10.6 Å². The Labute approximate surface area is 118 Å². The fourth-order valence-corrected chi connectivity index (χ4v) is 3.03. The van der Waals surface area contributed by atoms with Crippen molar-refractivity contribution < 1.29 is 0 Å². The molecule has 19 heavy (non-hydrogen) atoms. The van der Waals surface area contributed by atoms with Gasteiger partial charge in [0.25, 0.3) is 0 Å². The predicted molar refractivity (Wildman–Crippen MR) is 81.8 cm³/mol. The summed E-state index contributed by atoms with van der Waals surface area (Å²) in [4.78, 5) is 2.34. The molecule has 0 saturated carbocycles. The number of fused-ring (bicyclic) bond motifs is 1. The second-order valence-corrected chi connectivity index (χ2v) is 5.57. The van der Waals surface area contributed by atoms with E-state index >= 15 is 0 Å². The summed E-state index contributed by atoms with van der Waals surface area (Å²) in [5.41, 5.74) is 11.6. The predicted octanol–water partition coefficient (Wildman–Crippen LogP) is 3.79. The zero-order chi connectivity index (χ0) is 13.4.